The van der Waals surface area contributed by atoms with Crippen LogP contribution in [0.4, 0.5) is 11.6 Å². The Kier molecular flexibility index (Phi) is 4.84. The molecule has 3 N–H and O–H groups in total. The van der Waals surface area contributed by atoms with Crippen molar-refractivity contribution in [3.8, 4) is 5.75 Å². The van der Waals surface area contributed by atoms with Crippen molar-refractivity contribution in [2.75, 3.05) is 16.3 Å². The average Bonchev–Trinajstić information content (AvgIpc) is 2.88. The summed E-state index contributed by atoms with van der Waals surface area (Å²) in [4.78, 5) is 13.2. The molecule has 0 aliphatic rings. The summed E-state index contributed by atoms with van der Waals surface area (Å²) >= 11 is 0. The van der Waals surface area contributed by atoms with E-state index in [1.54, 1.807) is 18.2 Å². The summed E-state index contributed by atoms with van der Waals surface area (Å²) in [7, 11) is -3.47. The number of carbonyl (C=O) groups is 1. The molecule has 2 aromatic carbocycles. The zero-order valence-electron chi connectivity index (χ0n) is 16.0. The number of phenols is 1. The number of anilines is 2. The number of carbonyl (C=O) groups excluding carboxylic acids is 1. The quantitative estimate of drug-likeness (QED) is 0.558. The fourth-order valence-corrected chi connectivity index (χ4v) is 3.34. The number of sulfonamides is 1. The fourth-order valence-electron chi connectivity index (χ4n) is 2.79. The van der Waals surface area contributed by atoms with Crippen LogP contribution in [0.1, 0.15) is 36.7 Å². The van der Waals surface area contributed by atoms with E-state index in [4.69, 9.17) is 4.42 Å². The van der Waals surface area contributed by atoms with E-state index in [-0.39, 0.29) is 17.1 Å². The highest BCUT2D eigenvalue weighted by molar-refractivity contribution is 7.92. The molecular formula is C20H22N2O5S. The summed E-state index contributed by atoms with van der Waals surface area (Å²) in [6, 6.07) is 10.7. The SMILES string of the molecule is CC(C)(C)Nc1oc2ccc(NS(C)(=O)=O)cc2c1C(=O)c1ccc(O)cc1. The number of ketones is 1. The van der Waals surface area contributed by atoms with Crippen LogP contribution in [0.25, 0.3) is 11.0 Å². The lowest BCUT2D eigenvalue weighted by atomic mass is 10.0. The summed E-state index contributed by atoms with van der Waals surface area (Å²) in [6.45, 7) is 5.81. The van der Waals surface area contributed by atoms with Gasteiger partial charge in [-0.15, -0.1) is 0 Å². The highest BCUT2D eigenvalue weighted by Gasteiger charge is 2.25. The molecule has 0 atom stereocenters. The third-order valence-corrected chi connectivity index (χ3v) is 4.44. The van der Waals surface area contributed by atoms with Crippen LogP contribution in [0.5, 0.6) is 5.75 Å². The second-order valence-corrected chi connectivity index (χ2v) is 9.39. The van der Waals surface area contributed by atoms with Crippen molar-refractivity contribution < 1.29 is 22.7 Å². The number of nitrogens with one attached hydrogen (secondary N) is 2. The van der Waals surface area contributed by atoms with Crippen LogP contribution in [-0.2, 0) is 10.0 Å². The molecule has 0 aliphatic carbocycles. The van der Waals surface area contributed by atoms with E-state index in [0.717, 1.165) is 6.26 Å². The van der Waals surface area contributed by atoms with E-state index in [0.29, 0.717) is 33.7 Å². The van der Waals surface area contributed by atoms with E-state index >= 15 is 0 Å². The minimum absolute atomic E-state index is 0.0567. The minimum Gasteiger partial charge on any atom is -0.508 e. The van der Waals surface area contributed by atoms with Gasteiger partial charge in [-0.3, -0.25) is 9.52 Å². The molecule has 0 aliphatic heterocycles. The van der Waals surface area contributed by atoms with E-state index in [1.807, 2.05) is 20.8 Å². The number of aromatic hydroxyl groups is 1. The lowest BCUT2D eigenvalue weighted by Gasteiger charge is -2.20. The highest BCUT2D eigenvalue weighted by atomic mass is 32.2. The number of hydrogen-bond acceptors (Lipinski definition) is 6. The van der Waals surface area contributed by atoms with Crippen LogP contribution >= 0.6 is 0 Å². The lowest BCUT2D eigenvalue weighted by molar-refractivity contribution is 0.104. The largest absolute Gasteiger partial charge is 0.508 e. The second kappa shape index (κ2) is 6.87. The number of rotatable bonds is 5. The number of phenolic OH excluding ortho intramolecular Hbond substituents is 1. The van der Waals surface area contributed by atoms with Gasteiger partial charge in [0.1, 0.15) is 11.3 Å². The van der Waals surface area contributed by atoms with Crippen LogP contribution in [0.15, 0.2) is 46.9 Å². The molecule has 1 aromatic heterocycles. The minimum atomic E-state index is -3.47. The third-order valence-electron chi connectivity index (χ3n) is 3.84. The first-order valence-corrected chi connectivity index (χ1v) is 10.5. The molecule has 0 saturated carbocycles. The van der Waals surface area contributed by atoms with Gasteiger partial charge in [0.15, 0.2) is 5.78 Å². The molecule has 8 heteroatoms. The summed E-state index contributed by atoms with van der Waals surface area (Å²) < 4.78 is 31.4. The first-order valence-electron chi connectivity index (χ1n) is 8.59. The summed E-state index contributed by atoms with van der Waals surface area (Å²) in [5.74, 6) is 0.0559. The number of benzene rings is 2. The highest BCUT2D eigenvalue weighted by Crippen LogP contribution is 2.35. The summed E-state index contributed by atoms with van der Waals surface area (Å²) in [5, 5.41) is 13.2. The smallest absolute Gasteiger partial charge is 0.229 e. The lowest BCUT2D eigenvalue weighted by Crippen LogP contribution is -2.26. The first kappa shape index (κ1) is 19.8. The van der Waals surface area contributed by atoms with E-state index in [2.05, 4.69) is 10.0 Å². The van der Waals surface area contributed by atoms with Gasteiger partial charge in [0.25, 0.3) is 0 Å². The van der Waals surface area contributed by atoms with Crippen molar-refractivity contribution in [2.24, 2.45) is 0 Å². The van der Waals surface area contributed by atoms with E-state index in [1.165, 1.54) is 24.3 Å². The molecular weight excluding hydrogens is 380 g/mol. The fraction of sp³-hybridized carbons (Fsp3) is 0.250. The van der Waals surface area contributed by atoms with Gasteiger partial charge < -0.3 is 14.8 Å². The summed E-state index contributed by atoms with van der Waals surface area (Å²) in [5.41, 5.74) is 1.09. The predicted molar refractivity (Wildman–Crippen MR) is 110 cm³/mol. The maximum Gasteiger partial charge on any atom is 0.229 e. The van der Waals surface area contributed by atoms with Gasteiger partial charge in [0.2, 0.25) is 15.9 Å². The van der Waals surface area contributed by atoms with Gasteiger partial charge in [0, 0.05) is 22.2 Å². The molecule has 0 amide bonds. The molecule has 7 nitrogen and oxygen atoms in total. The molecule has 0 fully saturated rings. The zero-order valence-corrected chi connectivity index (χ0v) is 16.8. The van der Waals surface area contributed by atoms with Gasteiger partial charge >= 0.3 is 0 Å². The predicted octanol–water partition coefficient (Wildman–Crippen LogP) is 3.95. The molecule has 0 bridgehead atoms. The Morgan fingerprint density at radius 1 is 1.07 bits per heavy atom. The Morgan fingerprint density at radius 3 is 2.29 bits per heavy atom. The Balaban J connectivity index is 2.19. The number of furan rings is 1. The van der Waals surface area contributed by atoms with Gasteiger partial charge in [-0.05, 0) is 63.2 Å². The monoisotopic (exact) mass is 402 g/mol. The normalized spacial score (nSPS) is 12.1. The summed E-state index contributed by atoms with van der Waals surface area (Å²) in [6.07, 6.45) is 1.06. The van der Waals surface area contributed by atoms with Gasteiger partial charge in [0.05, 0.1) is 11.8 Å². The van der Waals surface area contributed by atoms with Crippen molar-refractivity contribution >= 4 is 38.3 Å². The Bertz CT molecular complexity index is 1140. The van der Waals surface area contributed by atoms with Gasteiger partial charge in [-0.2, -0.15) is 0 Å². The molecule has 28 heavy (non-hydrogen) atoms. The van der Waals surface area contributed by atoms with Crippen molar-refractivity contribution in [1.29, 1.82) is 0 Å². The standard InChI is InChI=1S/C20H22N2O5S/c1-20(2,3)21-19-17(18(24)12-5-8-14(23)9-6-12)15-11-13(22-28(4,25)26)7-10-16(15)27-19/h5-11,21-23H,1-4H3. The van der Waals surface area contributed by atoms with Crippen LogP contribution in [0.3, 0.4) is 0 Å². The van der Waals surface area contributed by atoms with Crippen molar-refractivity contribution in [3.63, 3.8) is 0 Å². The molecule has 0 spiro atoms. The van der Waals surface area contributed by atoms with Crippen molar-refractivity contribution in [1.82, 2.24) is 0 Å². The zero-order chi connectivity index (χ0) is 20.7. The molecule has 148 valence electrons. The van der Waals surface area contributed by atoms with Crippen LogP contribution < -0.4 is 10.0 Å². The maximum absolute atomic E-state index is 13.2. The molecule has 3 aromatic rings. The van der Waals surface area contributed by atoms with Crippen LogP contribution in [-0.4, -0.2) is 31.1 Å². The topological polar surface area (TPSA) is 109 Å². The average molecular weight is 402 g/mol. The van der Waals surface area contributed by atoms with Gasteiger partial charge in [-0.1, -0.05) is 0 Å². The Morgan fingerprint density at radius 2 is 1.71 bits per heavy atom. The van der Waals surface area contributed by atoms with E-state index in [9.17, 15) is 18.3 Å². The Labute approximate surface area is 163 Å². The molecule has 3 rings (SSSR count). The van der Waals surface area contributed by atoms with Gasteiger partial charge in [-0.25, -0.2) is 8.42 Å². The maximum atomic E-state index is 13.2. The molecule has 0 saturated heterocycles. The molecule has 0 radical (unpaired) electrons. The number of hydrogen-bond donors (Lipinski definition) is 3. The first-order chi connectivity index (χ1) is 12.9. The van der Waals surface area contributed by atoms with E-state index < -0.39 is 10.0 Å². The van der Waals surface area contributed by atoms with Crippen molar-refractivity contribution in [2.45, 2.75) is 26.3 Å². The Hall–Kier alpha value is -3.00. The molecule has 1 heterocycles. The second-order valence-electron chi connectivity index (χ2n) is 7.64. The van der Waals surface area contributed by atoms with Crippen LogP contribution in [0, 0.1) is 0 Å². The molecule has 0 unspecified atom stereocenters. The van der Waals surface area contributed by atoms with Crippen molar-refractivity contribution in [3.05, 3.63) is 53.6 Å². The third kappa shape index (κ3) is 4.45. The van der Waals surface area contributed by atoms with Crippen LogP contribution in [0.2, 0.25) is 0 Å². The number of fused-ring (bicyclic) bond motifs is 1.